The first kappa shape index (κ1) is 16.6. The number of alkyl halides is 3. The van der Waals surface area contributed by atoms with Crippen LogP contribution in [0.3, 0.4) is 0 Å². The number of halogens is 4. The molecule has 0 atom stereocenters. The van der Waals surface area contributed by atoms with Crippen molar-refractivity contribution in [2.45, 2.75) is 19.0 Å². The average Bonchev–Trinajstić information content (AvgIpc) is 2.41. The van der Waals surface area contributed by atoms with Crippen molar-refractivity contribution in [3.8, 4) is 0 Å². The van der Waals surface area contributed by atoms with Gasteiger partial charge in [0.1, 0.15) is 0 Å². The van der Waals surface area contributed by atoms with Crippen molar-refractivity contribution >= 4 is 11.6 Å². The van der Waals surface area contributed by atoms with Crippen LogP contribution in [0, 0.1) is 0 Å². The highest BCUT2D eigenvalue weighted by molar-refractivity contribution is 6.30. The summed E-state index contributed by atoms with van der Waals surface area (Å²) in [5.41, 5.74) is -0.269. The van der Waals surface area contributed by atoms with Gasteiger partial charge in [-0.25, -0.2) is 0 Å². The Bertz CT molecular complexity index is 468. The lowest BCUT2D eigenvalue weighted by atomic mass is 10.0. The molecule has 2 rings (SSSR count). The highest BCUT2D eigenvalue weighted by Crippen LogP contribution is 2.34. The molecule has 0 spiro atoms. The first-order valence-electron chi connectivity index (χ1n) is 7.13. The van der Waals surface area contributed by atoms with E-state index in [0.717, 1.165) is 45.2 Å². The maximum Gasteiger partial charge on any atom is 0.416 e. The predicted molar refractivity (Wildman–Crippen MR) is 78.7 cm³/mol. The van der Waals surface area contributed by atoms with Crippen LogP contribution in [0.2, 0.25) is 5.02 Å². The van der Waals surface area contributed by atoms with Crippen LogP contribution in [0.15, 0.2) is 18.2 Å². The molecule has 6 heteroatoms. The summed E-state index contributed by atoms with van der Waals surface area (Å²) >= 11 is 5.68. The van der Waals surface area contributed by atoms with E-state index in [1.54, 1.807) is 0 Å². The van der Waals surface area contributed by atoms with E-state index in [-0.39, 0.29) is 5.02 Å². The van der Waals surface area contributed by atoms with Gasteiger partial charge in [-0.05, 0) is 44.1 Å². The fourth-order valence-corrected chi connectivity index (χ4v) is 2.77. The van der Waals surface area contributed by atoms with Gasteiger partial charge in [0.15, 0.2) is 0 Å². The number of aryl methyl sites for hydroxylation is 1. The van der Waals surface area contributed by atoms with Crippen molar-refractivity contribution in [1.82, 2.24) is 9.80 Å². The highest BCUT2D eigenvalue weighted by Gasteiger charge is 2.33. The van der Waals surface area contributed by atoms with E-state index >= 15 is 0 Å². The van der Waals surface area contributed by atoms with Crippen LogP contribution < -0.4 is 0 Å². The molecule has 1 saturated heterocycles. The molecule has 0 bridgehead atoms. The lowest BCUT2D eigenvalue weighted by Crippen LogP contribution is -2.44. The maximum absolute atomic E-state index is 13.0. The molecule has 0 aliphatic carbocycles. The van der Waals surface area contributed by atoms with E-state index in [2.05, 4.69) is 16.8 Å². The van der Waals surface area contributed by atoms with Gasteiger partial charge in [0.05, 0.1) is 5.56 Å². The van der Waals surface area contributed by atoms with E-state index in [1.165, 1.54) is 12.1 Å². The normalized spacial score (nSPS) is 18.1. The van der Waals surface area contributed by atoms with Gasteiger partial charge in [0.25, 0.3) is 0 Å². The Morgan fingerprint density at radius 1 is 1.14 bits per heavy atom. The summed E-state index contributed by atoms with van der Waals surface area (Å²) in [6.45, 7) is 4.86. The molecule has 1 aliphatic rings. The number of hydrogen-bond donors (Lipinski definition) is 0. The third-order valence-electron chi connectivity index (χ3n) is 3.89. The Morgan fingerprint density at radius 3 is 2.43 bits per heavy atom. The molecule has 1 heterocycles. The van der Waals surface area contributed by atoms with Gasteiger partial charge in [0, 0.05) is 31.2 Å². The Morgan fingerprint density at radius 2 is 1.81 bits per heavy atom. The molecule has 21 heavy (non-hydrogen) atoms. The number of hydrogen-bond acceptors (Lipinski definition) is 2. The van der Waals surface area contributed by atoms with Gasteiger partial charge < -0.3 is 9.80 Å². The minimum absolute atomic E-state index is 0.130. The Hall–Kier alpha value is -0.780. The number of likely N-dealkylation sites (N-methyl/N-ethyl adjacent to an activating group) is 1. The Balaban J connectivity index is 1.91. The quantitative estimate of drug-likeness (QED) is 0.837. The van der Waals surface area contributed by atoms with Crippen molar-refractivity contribution in [3.05, 3.63) is 34.3 Å². The molecule has 0 radical (unpaired) electrons. The second-order valence-corrected chi connectivity index (χ2v) is 5.98. The molecule has 1 aromatic rings. The van der Waals surface area contributed by atoms with Gasteiger partial charge in [0.2, 0.25) is 0 Å². The van der Waals surface area contributed by atoms with Crippen LogP contribution in [0.5, 0.6) is 0 Å². The summed E-state index contributed by atoms with van der Waals surface area (Å²) in [7, 11) is 2.08. The number of rotatable bonds is 4. The van der Waals surface area contributed by atoms with Crippen molar-refractivity contribution in [1.29, 1.82) is 0 Å². The standard InChI is InChI=1S/C15H20ClF3N2/c1-20-7-9-21(10-8-20)6-2-3-12-4-5-13(16)11-14(12)15(17,18)19/h4-5,11H,2-3,6-10H2,1H3. The number of benzene rings is 1. The van der Waals surface area contributed by atoms with Crippen molar-refractivity contribution in [2.75, 3.05) is 39.8 Å². The van der Waals surface area contributed by atoms with Gasteiger partial charge >= 0.3 is 6.18 Å². The third kappa shape index (κ3) is 4.87. The fourth-order valence-electron chi connectivity index (χ4n) is 2.60. The molecule has 1 aromatic carbocycles. The molecular formula is C15H20ClF3N2. The third-order valence-corrected chi connectivity index (χ3v) is 4.13. The zero-order chi connectivity index (χ0) is 15.5. The zero-order valence-electron chi connectivity index (χ0n) is 12.1. The maximum atomic E-state index is 13.0. The molecule has 0 aromatic heterocycles. The van der Waals surface area contributed by atoms with Gasteiger partial charge in [-0.15, -0.1) is 0 Å². The van der Waals surface area contributed by atoms with Gasteiger partial charge in [-0.2, -0.15) is 13.2 Å². The summed E-state index contributed by atoms with van der Waals surface area (Å²) < 4.78 is 38.9. The minimum Gasteiger partial charge on any atom is -0.304 e. The van der Waals surface area contributed by atoms with Crippen LogP contribution in [-0.2, 0) is 12.6 Å². The second kappa shape index (κ2) is 6.99. The Kier molecular flexibility index (Phi) is 5.52. The SMILES string of the molecule is CN1CCN(CCCc2ccc(Cl)cc2C(F)(F)F)CC1. The Labute approximate surface area is 128 Å². The zero-order valence-corrected chi connectivity index (χ0v) is 12.8. The van der Waals surface area contributed by atoms with E-state index < -0.39 is 11.7 Å². The summed E-state index contributed by atoms with van der Waals surface area (Å²) in [5, 5.41) is 0.130. The largest absolute Gasteiger partial charge is 0.416 e. The molecule has 2 nitrogen and oxygen atoms in total. The minimum atomic E-state index is -4.34. The fraction of sp³-hybridized carbons (Fsp3) is 0.600. The molecule has 0 amide bonds. The predicted octanol–water partition coefficient (Wildman–Crippen LogP) is 3.54. The van der Waals surface area contributed by atoms with E-state index in [0.29, 0.717) is 12.0 Å². The van der Waals surface area contributed by atoms with Crippen molar-refractivity contribution in [2.24, 2.45) is 0 Å². The average molecular weight is 321 g/mol. The van der Waals surface area contributed by atoms with E-state index in [9.17, 15) is 13.2 Å². The number of piperazine rings is 1. The monoisotopic (exact) mass is 320 g/mol. The molecule has 0 N–H and O–H groups in total. The second-order valence-electron chi connectivity index (χ2n) is 5.55. The van der Waals surface area contributed by atoms with Crippen molar-refractivity contribution < 1.29 is 13.2 Å². The summed E-state index contributed by atoms with van der Waals surface area (Å²) in [4.78, 5) is 4.57. The van der Waals surface area contributed by atoms with Crippen LogP contribution in [0.1, 0.15) is 17.5 Å². The van der Waals surface area contributed by atoms with Gasteiger partial charge in [-0.1, -0.05) is 17.7 Å². The summed E-state index contributed by atoms with van der Waals surface area (Å²) in [6, 6.07) is 4.05. The molecule has 1 fully saturated rings. The van der Waals surface area contributed by atoms with Crippen LogP contribution in [0.25, 0.3) is 0 Å². The number of nitrogens with zero attached hydrogens (tertiary/aromatic N) is 2. The molecular weight excluding hydrogens is 301 g/mol. The van der Waals surface area contributed by atoms with Crippen LogP contribution in [0.4, 0.5) is 13.2 Å². The summed E-state index contributed by atoms with van der Waals surface area (Å²) in [5.74, 6) is 0. The smallest absolute Gasteiger partial charge is 0.304 e. The molecule has 0 saturated carbocycles. The lowest BCUT2D eigenvalue weighted by molar-refractivity contribution is -0.138. The first-order valence-corrected chi connectivity index (χ1v) is 7.50. The molecule has 0 unspecified atom stereocenters. The first-order chi connectivity index (χ1) is 9.86. The van der Waals surface area contributed by atoms with Crippen LogP contribution in [-0.4, -0.2) is 49.6 Å². The van der Waals surface area contributed by atoms with E-state index in [4.69, 9.17) is 11.6 Å². The van der Waals surface area contributed by atoms with Gasteiger partial charge in [-0.3, -0.25) is 0 Å². The van der Waals surface area contributed by atoms with E-state index in [1.807, 2.05) is 0 Å². The lowest BCUT2D eigenvalue weighted by Gasteiger charge is -2.32. The van der Waals surface area contributed by atoms with Crippen LogP contribution >= 0.6 is 11.6 Å². The molecule has 118 valence electrons. The van der Waals surface area contributed by atoms with Crippen molar-refractivity contribution in [3.63, 3.8) is 0 Å². The topological polar surface area (TPSA) is 6.48 Å². The highest BCUT2D eigenvalue weighted by atomic mass is 35.5. The molecule has 1 aliphatic heterocycles. The summed E-state index contributed by atoms with van der Waals surface area (Å²) in [6.07, 6.45) is -3.18.